The summed E-state index contributed by atoms with van der Waals surface area (Å²) in [6, 6.07) is 9.41. The Bertz CT molecular complexity index is 1010. The van der Waals surface area contributed by atoms with Gasteiger partial charge >= 0.3 is 24.2 Å². The number of hydrogen-bond acceptors (Lipinski definition) is 4. The van der Waals surface area contributed by atoms with Crippen molar-refractivity contribution in [2.75, 3.05) is 5.32 Å². The smallest absolute Gasteiger partial charge is 0.350 e. The highest BCUT2D eigenvalue weighted by Crippen LogP contribution is 2.39. The molecular formula is C19H15F6N3O3. The van der Waals surface area contributed by atoms with Crippen LogP contribution in [0.15, 0.2) is 53.7 Å². The molecule has 12 heteroatoms. The lowest BCUT2D eigenvalue weighted by atomic mass is 10.0. The summed E-state index contributed by atoms with van der Waals surface area (Å²) in [6.07, 6.45) is -10.6. The molecule has 1 unspecified atom stereocenters. The number of hydrogen-bond donors (Lipinski definition) is 3. The van der Waals surface area contributed by atoms with E-state index in [0.29, 0.717) is 5.56 Å². The molecule has 2 aromatic carbocycles. The number of urea groups is 1. The third-order valence-corrected chi connectivity index (χ3v) is 4.35. The standard InChI is InChI=1S/C19H15F6N3O3/c20-18(21,22)13-6-1-2-7-14(13)27-16(29)26-10-11-4-3-5-12(8-11)15-9-17(30,31-28-15)19(23,24)25/h1-8,30H,9-10H2,(H2,26,27,29). The van der Waals surface area contributed by atoms with Crippen LogP contribution in [0.4, 0.5) is 36.8 Å². The minimum absolute atomic E-state index is 0.133. The molecule has 1 aliphatic rings. The molecule has 0 spiro atoms. The number of anilines is 1. The molecule has 0 saturated carbocycles. The molecule has 0 radical (unpaired) electrons. The van der Waals surface area contributed by atoms with Crippen LogP contribution in [0.25, 0.3) is 0 Å². The number of nitrogens with one attached hydrogen (secondary N) is 2. The first-order chi connectivity index (χ1) is 14.4. The van der Waals surface area contributed by atoms with E-state index in [2.05, 4.69) is 20.6 Å². The summed E-state index contributed by atoms with van der Waals surface area (Å²) >= 11 is 0. The fraction of sp³-hybridized carbons (Fsp3) is 0.263. The minimum atomic E-state index is -5.04. The molecule has 0 saturated heterocycles. The van der Waals surface area contributed by atoms with E-state index in [1.165, 1.54) is 30.3 Å². The molecule has 0 bridgehead atoms. The van der Waals surface area contributed by atoms with Crippen molar-refractivity contribution in [3.05, 3.63) is 65.2 Å². The Balaban J connectivity index is 1.64. The van der Waals surface area contributed by atoms with Gasteiger partial charge in [0, 0.05) is 6.54 Å². The zero-order valence-electron chi connectivity index (χ0n) is 15.5. The van der Waals surface area contributed by atoms with E-state index >= 15 is 0 Å². The molecule has 0 fully saturated rings. The van der Waals surface area contributed by atoms with E-state index in [4.69, 9.17) is 0 Å². The Labute approximate surface area is 171 Å². The van der Waals surface area contributed by atoms with Crippen LogP contribution in [0.2, 0.25) is 0 Å². The molecule has 1 atom stereocenters. The maximum Gasteiger partial charge on any atom is 0.458 e. The number of para-hydroxylation sites is 1. The van der Waals surface area contributed by atoms with Crippen molar-refractivity contribution in [3.8, 4) is 0 Å². The van der Waals surface area contributed by atoms with Crippen molar-refractivity contribution in [1.82, 2.24) is 5.32 Å². The normalized spacial score (nSPS) is 18.9. The van der Waals surface area contributed by atoms with E-state index in [1.807, 2.05) is 0 Å². The molecule has 6 nitrogen and oxygen atoms in total. The second kappa shape index (κ2) is 8.10. The summed E-state index contributed by atoms with van der Waals surface area (Å²) in [5.74, 6) is -3.41. The van der Waals surface area contributed by atoms with Gasteiger partial charge in [0.25, 0.3) is 0 Å². The summed E-state index contributed by atoms with van der Waals surface area (Å²) in [6.45, 7) is -0.133. The predicted octanol–water partition coefficient (Wildman–Crippen LogP) is 4.40. The monoisotopic (exact) mass is 447 g/mol. The van der Waals surface area contributed by atoms with Gasteiger partial charge in [-0.3, -0.25) is 0 Å². The number of aliphatic hydroxyl groups is 1. The zero-order chi connectivity index (χ0) is 22.9. The number of benzene rings is 2. The number of carbonyl (C=O) groups is 1. The van der Waals surface area contributed by atoms with E-state index in [-0.39, 0.29) is 17.8 Å². The Morgan fingerprint density at radius 1 is 1.10 bits per heavy atom. The average Bonchev–Trinajstić information content (AvgIpc) is 3.10. The Kier molecular flexibility index (Phi) is 5.85. The summed E-state index contributed by atoms with van der Waals surface area (Å²) in [7, 11) is 0. The van der Waals surface area contributed by atoms with Gasteiger partial charge in [0.2, 0.25) is 0 Å². The van der Waals surface area contributed by atoms with Crippen LogP contribution in [0.1, 0.15) is 23.1 Å². The molecule has 1 aliphatic heterocycles. The van der Waals surface area contributed by atoms with Gasteiger partial charge in [-0.15, -0.1) is 0 Å². The minimum Gasteiger partial charge on any atom is -0.350 e. The summed E-state index contributed by atoms with van der Waals surface area (Å²) < 4.78 is 77.5. The molecule has 2 aromatic rings. The van der Waals surface area contributed by atoms with Crippen molar-refractivity contribution in [1.29, 1.82) is 0 Å². The fourth-order valence-corrected chi connectivity index (χ4v) is 2.78. The number of carbonyl (C=O) groups excluding carboxylic acids is 1. The van der Waals surface area contributed by atoms with Gasteiger partial charge in [0.1, 0.15) is 0 Å². The molecule has 1 heterocycles. The van der Waals surface area contributed by atoms with Crippen LogP contribution >= 0.6 is 0 Å². The van der Waals surface area contributed by atoms with Gasteiger partial charge < -0.3 is 20.6 Å². The lowest BCUT2D eigenvalue weighted by Gasteiger charge is -2.22. The summed E-state index contributed by atoms with van der Waals surface area (Å²) in [4.78, 5) is 16.2. The van der Waals surface area contributed by atoms with E-state index in [0.717, 1.165) is 12.1 Å². The van der Waals surface area contributed by atoms with Crippen LogP contribution in [0.3, 0.4) is 0 Å². The van der Waals surface area contributed by atoms with Gasteiger partial charge in [-0.05, 0) is 29.3 Å². The molecule has 0 aromatic heterocycles. The number of oxime groups is 1. The van der Waals surface area contributed by atoms with Gasteiger partial charge in [-0.2, -0.15) is 26.3 Å². The third-order valence-electron chi connectivity index (χ3n) is 4.35. The second-order valence-corrected chi connectivity index (χ2v) is 6.64. The fourth-order valence-electron chi connectivity index (χ4n) is 2.78. The van der Waals surface area contributed by atoms with Crippen LogP contribution in [-0.2, 0) is 17.6 Å². The highest BCUT2D eigenvalue weighted by molar-refractivity contribution is 6.01. The van der Waals surface area contributed by atoms with Crippen molar-refractivity contribution >= 4 is 17.4 Å². The van der Waals surface area contributed by atoms with E-state index < -0.39 is 41.8 Å². The number of alkyl halides is 6. The lowest BCUT2D eigenvalue weighted by Crippen LogP contribution is -2.45. The lowest BCUT2D eigenvalue weighted by molar-refractivity contribution is -0.355. The Hall–Kier alpha value is -3.28. The molecule has 3 N–H and O–H groups in total. The van der Waals surface area contributed by atoms with Crippen molar-refractivity contribution in [2.24, 2.45) is 5.16 Å². The molecule has 0 aliphatic carbocycles. The predicted molar refractivity (Wildman–Crippen MR) is 97.0 cm³/mol. The van der Waals surface area contributed by atoms with Crippen molar-refractivity contribution < 1.29 is 41.1 Å². The largest absolute Gasteiger partial charge is 0.458 e. The van der Waals surface area contributed by atoms with Gasteiger partial charge in [-0.1, -0.05) is 35.5 Å². The SMILES string of the molecule is O=C(NCc1cccc(C2=NOC(O)(C(F)(F)F)C2)c1)Nc1ccccc1C(F)(F)F. The van der Waals surface area contributed by atoms with Crippen LogP contribution in [0.5, 0.6) is 0 Å². The summed E-state index contributed by atoms with van der Waals surface area (Å²) in [5, 5.41) is 17.3. The van der Waals surface area contributed by atoms with Crippen LogP contribution in [0, 0.1) is 0 Å². The van der Waals surface area contributed by atoms with E-state index in [9.17, 15) is 36.2 Å². The molecule has 3 rings (SSSR count). The average molecular weight is 447 g/mol. The van der Waals surface area contributed by atoms with Crippen LogP contribution in [-0.4, -0.2) is 28.8 Å². The van der Waals surface area contributed by atoms with Gasteiger partial charge in [0.15, 0.2) is 0 Å². The molecule has 31 heavy (non-hydrogen) atoms. The third kappa shape index (κ3) is 5.08. The highest BCUT2D eigenvalue weighted by Gasteiger charge is 2.60. The Morgan fingerprint density at radius 2 is 1.81 bits per heavy atom. The van der Waals surface area contributed by atoms with Gasteiger partial charge in [-0.25, -0.2) is 4.79 Å². The number of rotatable bonds is 4. The van der Waals surface area contributed by atoms with Crippen molar-refractivity contribution in [3.63, 3.8) is 0 Å². The molecule has 166 valence electrons. The highest BCUT2D eigenvalue weighted by atomic mass is 19.4. The van der Waals surface area contributed by atoms with Crippen LogP contribution < -0.4 is 10.6 Å². The second-order valence-electron chi connectivity index (χ2n) is 6.64. The first-order valence-electron chi connectivity index (χ1n) is 8.73. The molecular weight excluding hydrogens is 432 g/mol. The van der Waals surface area contributed by atoms with Gasteiger partial charge in [0.05, 0.1) is 23.4 Å². The Morgan fingerprint density at radius 3 is 2.45 bits per heavy atom. The number of amides is 2. The topological polar surface area (TPSA) is 83.0 Å². The number of halogens is 6. The maximum absolute atomic E-state index is 13.0. The maximum atomic E-state index is 13.0. The van der Waals surface area contributed by atoms with E-state index in [1.54, 1.807) is 6.07 Å². The quantitative estimate of drug-likeness (QED) is 0.608. The summed E-state index contributed by atoms with van der Waals surface area (Å²) in [5.41, 5.74) is -0.928. The van der Waals surface area contributed by atoms with Crippen molar-refractivity contribution in [2.45, 2.75) is 31.1 Å². The zero-order valence-corrected chi connectivity index (χ0v) is 15.5. The first kappa shape index (κ1) is 22.4. The number of nitrogens with zero attached hydrogens (tertiary/aromatic N) is 1. The first-order valence-corrected chi connectivity index (χ1v) is 8.73. The molecule has 2 amide bonds.